The Morgan fingerprint density at radius 2 is 2.00 bits per heavy atom. The Bertz CT molecular complexity index is 193. The minimum atomic E-state index is 0.871. The molecule has 0 saturated carbocycles. The fourth-order valence-electron chi connectivity index (χ4n) is 2.40. The third-order valence-corrected chi connectivity index (χ3v) is 3.20. The Balaban J connectivity index is 2.05. The number of hydrogen-bond donors (Lipinski definition) is 0. The second-order valence-electron chi connectivity index (χ2n) is 4.08. The third-order valence-electron chi connectivity index (χ3n) is 3.20. The monoisotopic (exact) mass is 160 g/mol. The molecule has 1 aliphatic carbocycles. The molecule has 12 heavy (non-hydrogen) atoms. The number of rotatable bonds is 0. The van der Waals surface area contributed by atoms with Crippen LogP contribution in [0.25, 0.3) is 0 Å². The minimum absolute atomic E-state index is 0.871. The van der Waals surface area contributed by atoms with Gasteiger partial charge in [-0.2, -0.15) is 0 Å². The van der Waals surface area contributed by atoms with Gasteiger partial charge in [0, 0.05) is 0 Å². The van der Waals surface area contributed by atoms with Gasteiger partial charge in [-0.05, 0) is 0 Å². The van der Waals surface area contributed by atoms with Crippen LogP contribution in [0.15, 0.2) is 12.2 Å². The molecule has 1 heteroatoms. The van der Waals surface area contributed by atoms with E-state index in [1.807, 2.05) is 0 Å². The molecular formula is C11H17B. The van der Waals surface area contributed by atoms with Crippen molar-refractivity contribution in [2.45, 2.75) is 44.3 Å². The summed E-state index contributed by atoms with van der Waals surface area (Å²) in [5.74, 6) is 4.23. The van der Waals surface area contributed by atoms with Crippen molar-refractivity contribution >= 4 is 12.9 Å². The zero-order valence-electron chi connectivity index (χ0n) is 7.71. The van der Waals surface area contributed by atoms with Gasteiger partial charge in [0.25, 0.3) is 0 Å². The summed E-state index contributed by atoms with van der Waals surface area (Å²) < 4.78 is 0. The predicted octanol–water partition coefficient (Wildman–Crippen LogP) is 2.82. The maximum absolute atomic E-state index is 2.47. The van der Waals surface area contributed by atoms with E-state index in [2.05, 4.69) is 25.0 Å². The van der Waals surface area contributed by atoms with Gasteiger partial charge in [-0.1, -0.05) is 0 Å². The van der Waals surface area contributed by atoms with E-state index in [-0.39, 0.29) is 0 Å². The molecule has 2 atom stereocenters. The van der Waals surface area contributed by atoms with Gasteiger partial charge in [-0.15, -0.1) is 0 Å². The Morgan fingerprint density at radius 3 is 3.00 bits per heavy atom. The Labute approximate surface area is 76.0 Å². The molecule has 0 N–H and O–H groups in total. The standard InChI is InChI=1S/C11H17B/c1-2-6-10-7-3-4-8-11(10)12-9-5-1/h3-4,9-11H,1-2,5-8H2. The first-order valence-corrected chi connectivity index (χ1v) is 5.28. The van der Waals surface area contributed by atoms with Crippen LogP contribution in [0, 0.1) is 5.92 Å². The first-order chi connectivity index (χ1) is 5.97. The van der Waals surface area contributed by atoms with Crippen molar-refractivity contribution < 1.29 is 0 Å². The first kappa shape index (κ1) is 8.28. The Kier molecular flexibility index (Phi) is 2.81. The molecule has 0 spiro atoms. The van der Waals surface area contributed by atoms with Crippen LogP contribution >= 0.6 is 0 Å². The van der Waals surface area contributed by atoms with Crippen LogP contribution in [0.5, 0.6) is 0 Å². The topological polar surface area (TPSA) is 0 Å². The van der Waals surface area contributed by atoms with Crippen LogP contribution < -0.4 is 0 Å². The summed E-state index contributed by atoms with van der Waals surface area (Å²) in [4.78, 5) is 0. The molecule has 2 rings (SSSR count). The molecule has 64 valence electrons. The maximum atomic E-state index is 2.47. The average molecular weight is 160 g/mol. The van der Waals surface area contributed by atoms with Crippen molar-refractivity contribution in [2.75, 3.05) is 0 Å². The van der Waals surface area contributed by atoms with Crippen LogP contribution in [0.1, 0.15) is 38.5 Å². The zero-order chi connectivity index (χ0) is 8.23. The van der Waals surface area contributed by atoms with E-state index in [1.165, 1.54) is 38.5 Å². The quantitative estimate of drug-likeness (QED) is 0.377. The molecule has 0 bridgehead atoms. The van der Waals surface area contributed by atoms with Gasteiger partial charge < -0.3 is 0 Å². The van der Waals surface area contributed by atoms with Gasteiger partial charge in [0.15, 0.2) is 0 Å². The molecule has 0 saturated heterocycles. The van der Waals surface area contributed by atoms with E-state index in [0.717, 1.165) is 11.7 Å². The van der Waals surface area contributed by atoms with Crippen LogP contribution in [0.4, 0.5) is 0 Å². The molecule has 1 heterocycles. The first-order valence-electron chi connectivity index (χ1n) is 5.28. The van der Waals surface area contributed by atoms with Gasteiger partial charge in [0.1, 0.15) is 0 Å². The van der Waals surface area contributed by atoms with E-state index in [1.54, 1.807) is 0 Å². The van der Waals surface area contributed by atoms with Crippen LogP contribution in [-0.4, -0.2) is 12.9 Å². The Morgan fingerprint density at radius 1 is 1.08 bits per heavy atom. The fraction of sp³-hybridized carbons (Fsp3) is 0.727. The predicted molar refractivity (Wildman–Crippen MR) is 55.9 cm³/mol. The van der Waals surface area contributed by atoms with Crippen molar-refractivity contribution in [3.05, 3.63) is 12.2 Å². The summed E-state index contributed by atoms with van der Waals surface area (Å²) in [5, 5.41) is 0. The molecule has 0 fully saturated rings. The molecule has 0 amide bonds. The normalized spacial score (nSPS) is 34.7. The summed E-state index contributed by atoms with van der Waals surface area (Å²) in [7, 11) is 0. The summed E-state index contributed by atoms with van der Waals surface area (Å²) in [5.41, 5.74) is 0. The number of hydrogen-bond acceptors (Lipinski definition) is 0. The van der Waals surface area contributed by atoms with Crippen molar-refractivity contribution in [3.63, 3.8) is 0 Å². The van der Waals surface area contributed by atoms with E-state index in [9.17, 15) is 0 Å². The van der Waals surface area contributed by atoms with Gasteiger partial charge in [-0.25, -0.2) is 0 Å². The molecular weight excluding hydrogens is 143 g/mol. The van der Waals surface area contributed by atoms with E-state index < -0.39 is 0 Å². The van der Waals surface area contributed by atoms with E-state index in [4.69, 9.17) is 0 Å². The SMILES string of the molecule is B1=CCCCCC2CC=CCC12. The van der Waals surface area contributed by atoms with Crippen molar-refractivity contribution in [1.29, 1.82) is 0 Å². The second-order valence-corrected chi connectivity index (χ2v) is 4.08. The fourth-order valence-corrected chi connectivity index (χ4v) is 2.40. The van der Waals surface area contributed by atoms with Crippen LogP contribution in [-0.2, 0) is 0 Å². The number of fused-ring (bicyclic) bond motifs is 1. The van der Waals surface area contributed by atoms with Crippen molar-refractivity contribution in [2.24, 2.45) is 5.92 Å². The van der Waals surface area contributed by atoms with Gasteiger partial charge in [-0.3, -0.25) is 0 Å². The second kappa shape index (κ2) is 4.07. The summed E-state index contributed by atoms with van der Waals surface area (Å²) in [6.45, 7) is 2.47. The van der Waals surface area contributed by atoms with Gasteiger partial charge >= 0.3 is 75.3 Å². The van der Waals surface area contributed by atoms with Gasteiger partial charge in [0.05, 0.1) is 0 Å². The molecule has 1 aliphatic heterocycles. The average Bonchev–Trinajstić information content (AvgIpc) is 2.06. The summed E-state index contributed by atoms with van der Waals surface area (Å²) in [6.07, 6.45) is 13.0. The van der Waals surface area contributed by atoms with Crippen molar-refractivity contribution in [1.82, 2.24) is 0 Å². The third kappa shape index (κ3) is 1.88. The van der Waals surface area contributed by atoms with Crippen LogP contribution in [0.3, 0.4) is 0 Å². The summed E-state index contributed by atoms with van der Waals surface area (Å²) >= 11 is 0. The molecule has 2 aliphatic rings. The molecule has 0 aromatic carbocycles. The van der Waals surface area contributed by atoms with Crippen molar-refractivity contribution in [3.8, 4) is 0 Å². The Hall–Kier alpha value is -0.325. The number of allylic oxidation sites excluding steroid dienone is 2. The van der Waals surface area contributed by atoms with E-state index in [0.29, 0.717) is 0 Å². The molecule has 0 nitrogen and oxygen atoms in total. The molecule has 0 radical (unpaired) electrons. The molecule has 2 unspecified atom stereocenters. The zero-order valence-corrected chi connectivity index (χ0v) is 7.71. The molecule has 0 aromatic rings. The van der Waals surface area contributed by atoms with Crippen LogP contribution in [0.2, 0.25) is 5.82 Å². The molecule has 0 aromatic heterocycles. The van der Waals surface area contributed by atoms with E-state index >= 15 is 0 Å². The summed E-state index contributed by atoms with van der Waals surface area (Å²) in [6, 6.07) is 0. The van der Waals surface area contributed by atoms with Gasteiger partial charge in [0.2, 0.25) is 0 Å².